The molecule has 5 heteroatoms. The van der Waals surface area contributed by atoms with E-state index in [1.165, 1.54) is 23.1 Å². The monoisotopic (exact) mass is 347 g/mol. The summed E-state index contributed by atoms with van der Waals surface area (Å²) in [5, 5.41) is 0. The number of rotatable bonds is 1. The van der Waals surface area contributed by atoms with Crippen molar-refractivity contribution < 1.29 is 14.0 Å². The highest BCUT2D eigenvalue weighted by Gasteiger charge is 2.23. The molecule has 0 bridgehead atoms. The molecule has 0 unspecified atom stereocenters. The molecule has 3 nitrogen and oxygen atoms in total. The van der Waals surface area contributed by atoms with Gasteiger partial charge in [-0.3, -0.25) is 9.59 Å². The smallest absolute Gasteiger partial charge is 0.255 e. The Kier molecular flexibility index (Phi) is 3.76. The first kappa shape index (κ1) is 12.5. The quantitative estimate of drug-likeness (QED) is 0.731. The average Bonchev–Trinajstić information content (AvgIpc) is 2.28. The minimum Gasteiger partial charge on any atom is -0.331 e. The lowest BCUT2D eigenvalue weighted by atomic mass is 10.1. The van der Waals surface area contributed by atoms with Crippen LogP contribution in [0.15, 0.2) is 18.2 Å². The Morgan fingerprint density at radius 2 is 2.18 bits per heavy atom. The van der Waals surface area contributed by atoms with Crippen LogP contribution >= 0.6 is 22.6 Å². The van der Waals surface area contributed by atoms with E-state index in [1.807, 2.05) is 22.6 Å². The highest BCUT2D eigenvalue weighted by molar-refractivity contribution is 14.1. The van der Waals surface area contributed by atoms with Crippen LogP contribution < -0.4 is 0 Å². The number of hydrogen-bond acceptors (Lipinski definition) is 2. The van der Waals surface area contributed by atoms with Crippen LogP contribution in [0.4, 0.5) is 4.39 Å². The second-order valence-corrected chi connectivity index (χ2v) is 5.16. The molecule has 0 atom stereocenters. The third kappa shape index (κ3) is 2.83. The summed E-state index contributed by atoms with van der Waals surface area (Å²) in [6.45, 7) is 0.768. The lowest BCUT2D eigenvalue weighted by Gasteiger charge is -2.26. The van der Waals surface area contributed by atoms with E-state index in [-0.39, 0.29) is 24.1 Å². The molecule has 17 heavy (non-hydrogen) atoms. The number of hydrogen-bond donors (Lipinski definition) is 0. The summed E-state index contributed by atoms with van der Waals surface area (Å²) in [5.74, 6) is -0.468. The molecule has 1 amide bonds. The molecule has 90 valence electrons. The van der Waals surface area contributed by atoms with Crippen LogP contribution in [-0.2, 0) is 4.79 Å². The van der Waals surface area contributed by atoms with Crippen molar-refractivity contribution in [3.05, 3.63) is 33.1 Å². The van der Waals surface area contributed by atoms with Crippen LogP contribution in [0.1, 0.15) is 23.2 Å². The third-order valence-corrected chi connectivity index (χ3v) is 3.59. The van der Waals surface area contributed by atoms with E-state index in [2.05, 4.69) is 0 Å². The standard InChI is InChI=1S/C12H11FINO2/c13-8-3-4-10(11(14)6-8)12(17)15-5-1-2-9(16)7-15/h3-4,6H,1-2,5,7H2. The Balaban J connectivity index is 2.21. The van der Waals surface area contributed by atoms with Crippen LogP contribution in [0, 0.1) is 9.39 Å². The van der Waals surface area contributed by atoms with Crippen molar-refractivity contribution >= 4 is 34.3 Å². The summed E-state index contributed by atoms with van der Waals surface area (Å²) in [4.78, 5) is 24.9. The largest absolute Gasteiger partial charge is 0.331 e. The van der Waals surface area contributed by atoms with Crippen LogP contribution in [0.25, 0.3) is 0 Å². The van der Waals surface area contributed by atoms with Crippen molar-refractivity contribution in [1.29, 1.82) is 0 Å². The van der Waals surface area contributed by atoms with Crippen molar-refractivity contribution in [3.8, 4) is 0 Å². The van der Waals surface area contributed by atoms with Gasteiger partial charge < -0.3 is 4.90 Å². The number of benzene rings is 1. The van der Waals surface area contributed by atoms with Gasteiger partial charge in [0.2, 0.25) is 0 Å². The van der Waals surface area contributed by atoms with Gasteiger partial charge in [0.1, 0.15) is 5.82 Å². The van der Waals surface area contributed by atoms with Gasteiger partial charge in [0.05, 0.1) is 12.1 Å². The zero-order valence-corrected chi connectivity index (χ0v) is 11.2. The molecule has 1 saturated heterocycles. The molecule has 1 heterocycles. The molecular weight excluding hydrogens is 336 g/mol. The summed E-state index contributed by atoms with van der Waals surface area (Å²) < 4.78 is 13.5. The fraction of sp³-hybridized carbons (Fsp3) is 0.333. The molecule has 1 aliphatic heterocycles. The molecule has 0 aromatic heterocycles. The fourth-order valence-corrected chi connectivity index (χ4v) is 2.55. The van der Waals surface area contributed by atoms with E-state index >= 15 is 0 Å². The van der Waals surface area contributed by atoms with Crippen molar-refractivity contribution in [2.24, 2.45) is 0 Å². The summed E-state index contributed by atoms with van der Waals surface area (Å²) in [6.07, 6.45) is 1.26. The van der Waals surface area contributed by atoms with Gasteiger partial charge in [-0.1, -0.05) is 0 Å². The number of nitrogens with zero attached hydrogens (tertiary/aromatic N) is 1. The number of Topliss-reactive ketones (excluding diaryl/α,β-unsaturated/α-hetero) is 1. The van der Waals surface area contributed by atoms with Gasteiger partial charge in [-0.05, 0) is 47.2 Å². The molecule has 0 spiro atoms. The predicted octanol–water partition coefficient (Wildman–Crippen LogP) is 2.24. The normalized spacial score (nSPS) is 16.1. The first-order valence-electron chi connectivity index (χ1n) is 5.34. The van der Waals surface area contributed by atoms with Crippen molar-refractivity contribution in [2.75, 3.05) is 13.1 Å². The highest BCUT2D eigenvalue weighted by Crippen LogP contribution is 2.18. The van der Waals surface area contributed by atoms with E-state index < -0.39 is 0 Å². The predicted molar refractivity (Wildman–Crippen MR) is 69.3 cm³/mol. The molecule has 0 saturated carbocycles. The van der Waals surface area contributed by atoms with Crippen LogP contribution in [0.3, 0.4) is 0 Å². The number of halogens is 2. The molecular formula is C12H11FINO2. The van der Waals surface area contributed by atoms with Gasteiger partial charge in [0.15, 0.2) is 5.78 Å². The van der Waals surface area contributed by atoms with Gasteiger partial charge >= 0.3 is 0 Å². The number of ketones is 1. The number of likely N-dealkylation sites (tertiary alicyclic amines) is 1. The molecule has 1 fully saturated rings. The van der Waals surface area contributed by atoms with Gasteiger partial charge in [-0.2, -0.15) is 0 Å². The van der Waals surface area contributed by atoms with E-state index in [0.29, 0.717) is 28.5 Å². The number of amides is 1. The zero-order chi connectivity index (χ0) is 12.4. The minimum absolute atomic E-state index is 0.0849. The summed E-state index contributed by atoms with van der Waals surface area (Å²) in [7, 11) is 0. The average molecular weight is 347 g/mol. The van der Waals surface area contributed by atoms with E-state index in [4.69, 9.17) is 0 Å². The third-order valence-electron chi connectivity index (χ3n) is 2.70. The van der Waals surface area contributed by atoms with Gasteiger partial charge in [-0.15, -0.1) is 0 Å². The molecule has 1 aliphatic rings. The first-order chi connectivity index (χ1) is 8.08. The van der Waals surface area contributed by atoms with Crippen molar-refractivity contribution in [1.82, 2.24) is 4.90 Å². The second-order valence-electron chi connectivity index (χ2n) is 3.99. The van der Waals surface area contributed by atoms with E-state index in [9.17, 15) is 14.0 Å². The number of carbonyl (C=O) groups excluding carboxylic acids is 2. The zero-order valence-electron chi connectivity index (χ0n) is 9.08. The highest BCUT2D eigenvalue weighted by atomic mass is 127. The Bertz CT molecular complexity index is 476. The summed E-state index contributed by atoms with van der Waals surface area (Å²) in [6, 6.07) is 4.05. The van der Waals surface area contributed by atoms with E-state index in [0.717, 1.165) is 0 Å². The fourth-order valence-electron chi connectivity index (χ4n) is 1.84. The summed E-state index contributed by atoms with van der Waals surface area (Å²) in [5.41, 5.74) is 0.460. The Morgan fingerprint density at radius 1 is 1.41 bits per heavy atom. The van der Waals surface area contributed by atoms with Crippen molar-refractivity contribution in [2.45, 2.75) is 12.8 Å². The maximum Gasteiger partial charge on any atom is 0.255 e. The maximum atomic E-state index is 12.9. The first-order valence-corrected chi connectivity index (χ1v) is 6.42. The molecule has 0 N–H and O–H groups in total. The number of piperidine rings is 1. The van der Waals surface area contributed by atoms with Gasteiger partial charge in [-0.25, -0.2) is 4.39 Å². The van der Waals surface area contributed by atoms with Crippen LogP contribution in [0.5, 0.6) is 0 Å². The molecule has 2 rings (SSSR count). The topological polar surface area (TPSA) is 37.4 Å². The molecule has 1 aromatic rings. The van der Waals surface area contributed by atoms with Gasteiger partial charge in [0.25, 0.3) is 5.91 Å². The minimum atomic E-state index is -0.360. The Hall–Kier alpha value is -0.980. The Morgan fingerprint density at radius 3 is 2.82 bits per heavy atom. The number of carbonyl (C=O) groups is 2. The van der Waals surface area contributed by atoms with Crippen LogP contribution in [0.2, 0.25) is 0 Å². The van der Waals surface area contributed by atoms with E-state index in [1.54, 1.807) is 0 Å². The lowest BCUT2D eigenvalue weighted by Crippen LogP contribution is -2.40. The molecule has 0 radical (unpaired) electrons. The molecule has 0 aliphatic carbocycles. The van der Waals surface area contributed by atoms with Gasteiger partial charge in [0, 0.05) is 16.5 Å². The lowest BCUT2D eigenvalue weighted by molar-refractivity contribution is -0.121. The maximum absolute atomic E-state index is 12.9. The Labute approximate surface area is 112 Å². The van der Waals surface area contributed by atoms with Crippen LogP contribution in [-0.4, -0.2) is 29.7 Å². The molecule has 1 aromatic carbocycles. The van der Waals surface area contributed by atoms with Crippen molar-refractivity contribution in [3.63, 3.8) is 0 Å². The SMILES string of the molecule is O=C1CCCN(C(=O)c2ccc(F)cc2I)C1. The second kappa shape index (κ2) is 5.12. The summed E-state index contributed by atoms with van der Waals surface area (Å²) >= 11 is 1.93.